The van der Waals surface area contributed by atoms with Gasteiger partial charge in [-0.3, -0.25) is 0 Å². The van der Waals surface area contributed by atoms with Gasteiger partial charge in [0.2, 0.25) is 10.0 Å². The molecule has 1 unspecified atom stereocenters. The zero-order valence-corrected chi connectivity index (χ0v) is 10.7. The highest BCUT2D eigenvalue weighted by molar-refractivity contribution is 7.89. The van der Waals surface area contributed by atoms with Crippen molar-refractivity contribution in [1.82, 2.24) is 0 Å². The fourth-order valence-electron chi connectivity index (χ4n) is 2.06. The molecule has 1 aromatic carbocycles. The molecule has 7 heteroatoms. The van der Waals surface area contributed by atoms with Gasteiger partial charge in [0.15, 0.2) is 6.10 Å². The second-order valence-corrected chi connectivity index (χ2v) is 5.84. The summed E-state index contributed by atoms with van der Waals surface area (Å²) in [5.74, 6) is -0.618. The third-order valence-electron chi connectivity index (χ3n) is 3.12. The van der Waals surface area contributed by atoms with Crippen LogP contribution < -0.4 is 9.88 Å². The molecule has 18 heavy (non-hydrogen) atoms. The van der Waals surface area contributed by atoms with Gasteiger partial charge in [0.25, 0.3) is 0 Å². The van der Waals surface area contributed by atoms with E-state index < -0.39 is 22.1 Å². The zero-order chi connectivity index (χ0) is 13.7. The van der Waals surface area contributed by atoms with Crippen LogP contribution in [-0.4, -0.2) is 25.6 Å². The van der Waals surface area contributed by atoms with Crippen LogP contribution in [0.25, 0.3) is 0 Å². The number of aliphatic carboxylic acids is 1. The summed E-state index contributed by atoms with van der Waals surface area (Å²) in [6, 6.07) is 1.40. The lowest BCUT2D eigenvalue weighted by molar-refractivity contribution is -0.144. The molecule has 0 saturated carbocycles. The van der Waals surface area contributed by atoms with Crippen LogP contribution in [0.5, 0.6) is 5.75 Å². The number of rotatable bonds is 2. The summed E-state index contributed by atoms with van der Waals surface area (Å²) in [7, 11) is -3.82. The number of benzene rings is 1. The quantitative estimate of drug-likeness (QED) is 0.806. The lowest BCUT2D eigenvalue weighted by Gasteiger charge is -2.11. The fourth-order valence-corrected chi connectivity index (χ4v) is 2.95. The lowest BCUT2D eigenvalue weighted by atomic mass is 10.0. The average Bonchev–Trinajstić information content (AvgIpc) is 2.65. The van der Waals surface area contributed by atoms with Crippen molar-refractivity contribution in [2.24, 2.45) is 5.14 Å². The standard InChI is InChI=1S/C11H13NO5S/c1-5-6(2)10-7(3-8(17-10)11(13)14)4-9(5)18(12,15)16/h4,8H,3H2,1-2H3,(H,13,14)(H2,12,15,16). The van der Waals surface area contributed by atoms with Crippen molar-refractivity contribution in [1.29, 1.82) is 0 Å². The number of hydrogen-bond acceptors (Lipinski definition) is 4. The normalized spacial score (nSPS) is 18.3. The Balaban J connectivity index is 2.60. The number of ether oxygens (including phenoxy) is 1. The number of primary sulfonamides is 1. The average molecular weight is 271 g/mol. The maximum absolute atomic E-state index is 11.4. The topological polar surface area (TPSA) is 107 Å². The van der Waals surface area contributed by atoms with Crippen LogP contribution >= 0.6 is 0 Å². The van der Waals surface area contributed by atoms with E-state index in [0.717, 1.165) is 0 Å². The number of carboxylic acids is 1. The molecule has 0 radical (unpaired) electrons. The van der Waals surface area contributed by atoms with Crippen molar-refractivity contribution in [3.05, 3.63) is 22.8 Å². The van der Waals surface area contributed by atoms with Crippen molar-refractivity contribution < 1.29 is 23.1 Å². The number of nitrogens with two attached hydrogens (primary N) is 1. The van der Waals surface area contributed by atoms with Gasteiger partial charge in [-0.25, -0.2) is 18.4 Å². The predicted molar refractivity (Wildman–Crippen MR) is 63.0 cm³/mol. The van der Waals surface area contributed by atoms with Crippen molar-refractivity contribution in [3.8, 4) is 5.75 Å². The smallest absolute Gasteiger partial charge is 0.345 e. The predicted octanol–water partition coefficient (Wildman–Crippen LogP) is 0.339. The highest BCUT2D eigenvalue weighted by atomic mass is 32.2. The number of carboxylic acid groups (broad SMARTS) is 1. The van der Waals surface area contributed by atoms with Gasteiger partial charge in [-0.15, -0.1) is 0 Å². The van der Waals surface area contributed by atoms with Crippen molar-refractivity contribution >= 4 is 16.0 Å². The first kappa shape index (κ1) is 12.8. The Morgan fingerprint density at radius 2 is 2.06 bits per heavy atom. The number of fused-ring (bicyclic) bond motifs is 1. The molecule has 1 aliphatic heterocycles. The van der Waals surface area contributed by atoms with Crippen molar-refractivity contribution in [2.75, 3.05) is 0 Å². The Hall–Kier alpha value is -1.60. The maximum atomic E-state index is 11.4. The molecule has 0 amide bonds. The first-order valence-electron chi connectivity index (χ1n) is 5.27. The van der Waals surface area contributed by atoms with Crippen LogP contribution in [0.2, 0.25) is 0 Å². The maximum Gasteiger partial charge on any atom is 0.345 e. The van der Waals surface area contributed by atoms with Crippen molar-refractivity contribution in [2.45, 2.75) is 31.3 Å². The molecular formula is C11H13NO5S. The van der Waals surface area contributed by atoms with Crippen LogP contribution in [0.4, 0.5) is 0 Å². The van der Waals surface area contributed by atoms with Crippen LogP contribution in [0.3, 0.4) is 0 Å². The van der Waals surface area contributed by atoms with E-state index in [2.05, 4.69) is 0 Å². The van der Waals surface area contributed by atoms with Crippen LogP contribution in [0.15, 0.2) is 11.0 Å². The third kappa shape index (κ3) is 1.95. The molecule has 1 heterocycles. The minimum atomic E-state index is -3.82. The molecule has 0 bridgehead atoms. The molecule has 1 atom stereocenters. The summed E-state index contributed by atoms with van der Waals surface area (Å²) in [6.07, 6.45) is -0.817. The molecule has 0 aromatic heterocycles. The third-order valence-corrected chi connectivity index (χ3v) is 4.15. The molecule has 0 saturated heterocycles. The van der Waals surface area contributed by atoms with Gasteiger partial charge in [0, 0.05) is 12.0 Å². The Morgan fingerprint density at radius 1 is 1.44 bits per heavy atom. The van der Waals surface area contributed by atoms with E-state index in [1.807, 2.05) is 0 Å². The van der Waals surface area contributed by atoms with Gasteiger partial charge in [0.05, 0.1) is 4.90 Å². The first-order valence-corrected chi connectivity index (χ1v) is 6.81. The van der Waals surface area contributed by atoms with Gasteiger partial charge in [-0.05, 0) is 31.0 Å². The highest BCUT2D eigenvalue weighted by Gasteiger charge is 2.32. The van der Waals surface area contributed by atoms with E-state index in [9.17, 15) is 13.2 Å². The van der Waals surface area contributed by atoms with Gasteiger partial charge < -0.3 is 9.84 Å². The van der Waals surface area contributed by atoms with E-state index in [0.29, 0.717) is 22.4 Å². The Bertz CT molecular complexity index is 635. The summed E-state index contributed by atoms with van der Waals surface area (Å²) in [5.41, 5.74) is 1.66. The second-order valence-electron chi connectivity index (χ2n) is 4.31. The fraction of sp³-hybridized carbons (Fsp3) is 0.364. The SMILES string of the molecule is Cc1c(S(N)(=O)=O)cc2c(c1C)OC(C(=O)O)C2. The molecule has 1 aromatic rings. The number of hydrogen-bond donors (Lipinski definition) is 2. The van der Waals surface area contributed by atoms with Gasteiger partial charge in [-0.2, -0.15) is 0 Å². The summed E-state index contributed by atoms with van der Waals surface area (Å²) in [6.45, 7) is 3.31. The molecule has 1 aliphatic rings. The van der Waals surface area contributed by atoms with Crippen LogP contribution in [0, 0.1) is 13.8 Å². The number of sulfonamides is 1. The molecule has 98 valence electrons. The lowest BCUT2D eigenvalue weighted by Crippen LogP contribution is -2.24. The largest absolute Gasteiger partial charge is 0.478 e. The zero-order valence-electron chi connectivity index (χ0n) is 9.93. The van der Waals surface area contributed by atoms with Crippen LogP contribution in [0.1, 0.15) is 16.7 Å². The summed E-state index contributed by atoms with van der Waals surface area (Å²) in [5, 5.41) is 14.0. The molecule has 2 rings (SSSR count). The van der Waals surface area contributed by atoms with Crippen molar-refractivity contribution in [3.63, 3.8) is 0 Å². The summed E-state index contributed by atoms with van der Waals surface area (Å²) in [4.78, 5) is 10.9. The second kappa shape index (κ2) is 3.96. The number of carbonyl (C=O) groups is 1. The molecule has 0 spiro atoms. The van der Waals surface area contributed by atoms with E-state index in [1.165, 1.54) is 6.07 Å². The Kier molecular flexibility index (Phi) is 2.83. The minimum Gasteiger partial charge on any atom is -0.478 e. The molecule has 0 aliphatic carbocycles. The highest BCUT2D eigenvalue weighted by Crippen LogP contribution is 2.37. The van der Waals surface area contributed by atoms with E-state index in [4.69, 9.17) is 15.0 Å². The van der Waals surface area contributed by atoms with Gasteiger partial charge in [0.1, 0.15) is 5.75 Å². The summed E-state index contributed by atoms with van der Waals surface area (Å²) < 4.78 is 28.2. The molecule has 6 nitrogen and oxygen atoms in total. The van der Waals surface area contributed by atoms with Gasteiger partial charge >= 0.3 is 5.97 Å². The van der Waals surface area contributed by atoms with E-state index in [-0.39, 0.29) is 11.3 Å². The van der Waals surface area contributed by atoms with E-state index in [1.54, 1.807) is 13.8 Å². The first-order chi connectivity index (χ1) is 8.21. The Morgan fingerprint density at radius 3 is 2.56 bits per heavy atom. The van der Waals surface area contributed by atoms with Gasteiger partial charge in [-0.1, -0.05) is 0 Å². The molecular weight excluding hydrogens is 258 g/mol. The monoisotopic (exact) mass is 271 g/mol. The minimum absolute atomic E-state index is 0.0217. The molecule has 3 N–H and O–H groups in total. The Labute approximate surface area is 104 Å². The van der Waals surface area contributed by atoms with E-state index >= 15 is 0 Å². The van der Waals surface area contributed by atoms with Crippen LogP contribution in [-0.2, 0) is 21.2 Å². The molecule has 0 fully saturated rings. The summed E-state index contributed by atoms with van der Waals surface area (Å²) >= 11 is 0.